The van der Waals surface area contributed by atoms with Gasteiger partial charge in [0.05, 0.1) is 5.56 Å². The Kier molecular flexibility index (Phi) is 4.50. The van der Waals surface area contributed by atoms with Gasteiger partial charge in [0.25, 0.3) is 5.91 Å². The maximum absolute atomic E-state index is 11.7. The Morgan fingerprint density at radius 2 is 1.94 bits per heavy atom. The van der Waals surface area contributed by atoms with Gasteiger partial charge in [0.15, 0.2) is 0 Å². The average molecular weight is 255 g/mol. The highest BCUT2D eigenvalue weighted by Crippen LogP contribution is 2.22. The summed E-state index contributed by atoms with van der Waals surface area (Å²) < 4.78 is 0. The summed E-state index contributed by atoms with van der Waals surface area (Å²) in [4.78, 5) is 22.4. The zero-order valence-electron chi connectivity index (χ0n) is 9.33. The van der Waals surface area contributed by atoms with Gasteiger partial charge in [-0.15, -0.1) is 0 Å². The molecule has 98 valence electrons. The molecule has 0 bridgehead atoms. The molecule has 5 N–H and O–H groups in total. The van der Waals surface area contributed by atoms with E-state index in [0.717, 1.165) is 12.1 Å². The van der Waals surface area contributed by atoms with Crippen LogP contribution in [0.25, 0.3) is 0 Å². The van der Waals surface area contributed by atoms with E-state index in [2.05, 4.69) is 5.32 Å². The van der Waals surface area contributed by atoms with Gasteiger partial charge in [0, 0.05) is 19.1 Å². The predicted molar refractivity (Wildman–Crippen MR) is 60.4 cm³/mol. The number of aromatic hydroxyl groups is 2. The van der Waals surface area contributed by atoms with Crippen molar-refractivity contribution in [1.82, 2.24) is 5.32 Å². The number of phenolic OH excluding ortho intramolecular Hbond substituents is 2. The lowest BCUT2D eigenvalue weighted by Crippen LogP contribution is -2.41. The number of amides is 1. The van der Waals surface area contributed by atoms with Gasteiger partial charge in [0.2, 0.25) is 0 Å². The van der Waals surface area contributed by atoms with Crippen molar-refractivity contribution < 1.29 is 30.0 Å². The van der Waals surface area contributed by atoms with E-state index in [-0.39, 0.29) is 17.7 Å². The summed E-state index contributed by atoms with van der Waals surface area (Å²) in [5, 5.41) is 38.1. The number of hydrogen-bond donors (Lipinski definition) is 5. The first-order chi connectivity index (χ1) is 8.45. The molecule has 0 radical (unpaired) electrons. The number of carboxylic acid groups (broad SMARTS) is 1. The molecule has 7 heteroatoms. The molecule has 0 saturated carbocycles. The van der Waals surface area contributed by atoms with Crippen LogP contribution in [0.1, 0.15) is 16.8 Å². The van der Waals surface area contributed by atoms with E-state index in [0.29, 0.717) is 0 Å². The van der Waals surface area contributed by atoms with Crippen LogP contribution in [0.4, 0.5) is 0 Å². The molecule has 0 saturated heterocycles. The van der Waals surface area contributed by atoms with Crippen molar-refractivity contribution in [2.75, 3.05) is 6.61 Å². The number of aliphatic hydroxyl groups excluding tert-OH is 1. The maximum atomic E-state index is 11.7. The molecular weight excluding hydrogens is 242 g/mol. The molecular formula is C11H13NO6. The second-order valence-electron chi connectivity index (χ2n) is 3.58. The minimum absolute atomic E-state index is 0.139. The molecule has 1 atom stereocenters. The number of aliphatic carboxylic acids is 1. The van der Waals surface area contributed by atoms with Crippen molar-refractivity contribution in [2.45, 2.75) is 12.5 Å². The van der Waals surface area contributed by atoms with Crippen molar-refractivity contribution in [3.8, 4) is 11.5 Å². The van der Waals surface area contributed by atoms with E-state index in [1.165, 1.54) is 6.07 Å². The normalized spacial score (nSPS) is 11.8. The second-order valence-corrected chi connectivity index (χ2v) is 3.58. The molecule has 18 heavy (non-hydrogen) atoms. The number of nitrogens with one attached hydrogen (secondary N) is 1. The zero-order valence-corrected chi connectivity index (χ0v) is 9.33. The van der Waals surface area contributed by atoms with E-state index >= 15 is 0 Å². The third-order valence-electron chi connectivity index (χ3n) is 2.25. The van der Waals surface area contributed by atoms with Crippen molar-refractivity contribution in [3.63, 3.8) is 0 Å². The number of phenols is 2. The first kappa shape index (κ1) is 13.8. The summed E-state index contributed by atoms with van der Waals surface area (Å²) in [6, 6.07) is 2.08. The lowest BCUT2D eigenvalue weighted by atomic mass is 10.1. The quantitative estimate of drug-likeness (QED) is 0.490. The van der Waals surface area contributed by atoms with Gasteiger partial charge >= 0.3 is 5.97 Å². The van der Waals surface area contributed by atoms with Crippen LogP contribution in [-0.4, -0.2) is 45.0 Å². The van der Waals surface area contributed by atoms with Crippen LogP contribution in [0.2, 0.25) is 0 Å². The Hall–Kier alpha value is -2.28. The number of aliphatic hydroxyl groups is 1. The van der Waals surface area contributed by atoms with Crippen LogP contribution >= 0.6 is 0 Å². The monoisotopic (exact) mass is 255 g/mol. The summed E-state index contributed by atoms with van der Waals surface area (Å²) in [5.74, 6) is -2.75. The van der Waals surface area contributed by atoms with Crippen LogP contribution in [0.5, 0.6) is 11.5 Å². The van der Waals surface area contributed by atoms with Gasteiger partial charge in [-0.25, -0.2) is 4.79 Å². The SMILES string of the molecule is O=C(N[C@H](CCO)C(=O)O)c1ccc(O)cc1O. The summed E-state index contributed by atoms with van der Waals surface area (Å²) in [6.45, 7) is -0.390. The van der Waals surface area contributed by atoms with Gasteiger partial charge in [0.1, 0.15) is 17.5 Å². The maximum Gasteiger partial charge on any atom is 0.326 e. The Morgan fingerprint density at radius 1 is 1.28 bits per heavy atom. The van der Waals surface area contributed by atoms with Crippen LogP contribution in [0.15, 0.2) is 18.2 Å². The Bertz CT molecular complexity index is 459. The lowest BCUT2D eigenvalue weighted by Gasteiger charge is -2.13. The number of carbonyl (C=O) groups excluding carboxylic acids is 1. The van der Waals surface area contributed by atoms with Crippen LogP contribution in [0, 0.1) is 0 Å². The molecule has 0 aliphatic carbocycles. The van der Waals surface area contributed by atoms with E-state index in [4.69, 9.17) is 15.3 Å². The summed E-state index contributed by atoms with van der Waals surface area (Å²) >= 11 is 0. The highest BCUT2D eigenvalue weighted by molar-refractivity contribution is 5.98. The molecule has 1 aromatic carbocycles. The van der Waals surface area contributed by atoms with Gasteiger partial charge in [-0.1, -0.05) is 0 Å². The lowest BCUT2D eigenvalue weighted by molar-refractivity contribution is -0.139. The van der Waals surface area contributed by atoms with Gasteiger partial charge < -0.3 is 25.7 Å². The Labute approximate surface area is 102 Å². The fourth-order valence-corrected chi connectivity index (χ4v) is 1.33. The zero-order chi connectivity index (χ0) is 13.7. The molecule has 1 amide bonds. The van der Waals surface area contributed by atoms with Gasteiger partial charge in [-0.05, 0) is 12.1 Å². The minimum atomic E-state index is -1.28. The fourth-order valence-electron chi connectivity index (χ4n) is 1.33. The smallest absolute Gasteiger partial charge is 0.326 e. The molecule has 0 aromatic heterocycles. The molecule has 0 heterocycles. The average Bonchev–Trinajstić information content (AvgIpc) is 2.27. The largest absolute Gasteiger partial charge is 0.508 e. The topological polar surface area (TPSA) is 127 Å². The van der Waals surface area contributed by atoms with Crippen molar-refractivity contribution in [3.05, 3.63) is 23.8 Å². The highest BCUT2D eigenvalue weighted by atomic mass is 16.4. The molecule has 1 aromatic rings. The number of rotatable bonds is 5. The molecule has 0 spiro atoms. The summed E-state index contributed by atoms with van der Waals surface area (Å²) in [7, 11) is 0. The van der Waals surface area contributed by atoms with Gasteiger partial charge in [-0.3, -0.25) is 4.79 Å². The second kappa shape index (κ2) is 5.87. The van der Waals surface area contributed by atoms with E-state index in [9.17, 15) is 14.7 Å². The van der Waals surface area contributed by atoms with E-state index in [1.807, 2.05) is 0 Å². The first-order valence-corrected chi connectivity index (χ1v) is 5.12. The molecule has 0 fully saturated rings. The van der Waals surface area contributed by atoms with Crippen LogP contribution in [-0.2, 0) is 4.79 Å². The Balaban J connectivity index is 2.83. The highest BCUT2D eigenvalue weighted by Gasteiger charge is 2.21. The van der Waals surface area contributed by atoms with Crippen molar-refractivity contribution in [1.29, 1.82) is 0 Å². The standard InChI is InChI=1S/C11H13NO6/c13-4-3-8(11(17)18)12-10(16)7-2-1-6(14)5-9(7)15/h1-2,5,8,13-15H,3-4H2,(H,12,16)(H,17,18)/t8-/m1/s1. The number of carboxylic acids is 1. The molecule has 7 nitrogen and oxygen atoms in total. The number of carbonyl (C=O) groups is 2. The van der Waals surface area contributed by atoms with Crippen molar-refractivity contribution in [2.24, 2.45) is 0 Å². The van der Waals surface area contributed by atoms with Crippen molar-refractivity contribution >= 4 is 11.9 Å². The molecule has 0 aliphatic heterocycles. The van der Waals surface area contributed by atoms with E-state index < -0.39 is 30.3 Å². The van der Waals surface area contributed by atoms with Crippen LogP contribution in [0.3, 0.4) is 0 Å². The number of benzene rings is 1. The third-order valence-corrected chi connectivity index (χ3v) is 2.25. The summed E-state index contributed by atoms with van der Waals surface area (Å²) in [5.41, 5.74) is -0.156. The number of hydrogen-bond acceptors (Lipinski definition) is 5. The minimum Gasteiger partial charge on any atom is -0.508 e. The Morgan fingerprint density at radius 3 is 2.44 bits per heavy atom. The molecule has 0 aliphatic rings. The van der Waals surface area contributed by atoms with Gasteiger partial charge in [-0.2, -0.15) is 0 Å². The third kappa shape index (κ3) is 3.36. The summed E-state index contributed by atoms with van der Waals surface area (Å²) in [6.07, 6.45) is -0.139. The predicted octanol–water partition coefficient (Wildman–Crippen LogP) is -0.337. The van der Waals surface area contributed by atoms with Crippen LogP contribution < -0.4 is 5.32 Å². The molecule has 0 unspecified atom stereocenters. The molecule has 1 rings (SSSR count). The first-order valence-electron chi connectivity index (χ1n) is 5.12. The van der Waals surface area contributed by atoms with E-state index in [1.54, 1.807) is 0 Å². The fraction of sp³-hybridized carbons (Fsp3) is 0.273.